The summed E-state index contributed by atoms with van der Waals surface area (Å²) in [6, 6.07) is 14.8. The van der Waals surface area contributed by atoms with Gasteiger partial charge in [0, 0.05) is 0 Å². The van der Waals surface area contributed by atoms with Crippen LogP contribution in [0.1, 0.15) is 42.6 Å². The van der Waals surface area contributed by atoms with E-state index in [9.17, 15) is 0 Å². The van der Waals surface area contributed by atoms with Gasteiger partial charge in [-0.3, -0.25) is 4.90 Å². The van der Waals surface area contributed by atoms with E-state index in [1.54, 1.807) is 0 Å². The van der Waals surface area contributed by atoms with Gasteiger partial charge in [-0.05, 0) is 69.1 Å². The van der Waals surface area contributed by atoms with E-state index < -0.39 is 0 Å². The normalized spacial score (nSPS) is 15.6. The van der Waals surface area contributed by atoms with Crippen LogP contribution in [-0.2, 0) is 13.1 Å². The van der Waals surface area contributed by atoms with Gasteiger partial charge in [0.1, 0.15) is 18.2 Å². The zero-order valence-electron chi connectivity index (χ0n) is 17.2. The maximum Gasteiger partial charge on any atom is 0.124 e. The SMILES string of the molecule is Cc1ccc(C)c(OCCn2c(CN3CCCCCC3)nc3ccccc32)c1. The molecule has 28 heavy (non-hydrogen) atoms. The van der Waals surface area contributed by atoms with Gasteiger partial charge in [-0.25, -0.2) is 4.98 Å². The Labute approximate surface area is 168 Å². The van der Waals surface area contributed by atoms with Crippen molar-refractivity contribution in [2.24, 2.45) is 0 Å². The maximum absolute atomic E-state index is 6.14. The Kier molecular flexibility index (Phi) is 5.96. The molecule has 0 radical (unpaired) electrons. The van der Waals surface area contributed by atoms with Crippen LogP contribution in [0.15, 0.2) is 42.5 Å². The Hall–Kier alpha value is -2.33. The van der Waals surface area contributed by atoms with E-state index in [-0.39, 0.29) is 0 Å². The highest BCUT2D eigenvalue weighted by molar-refractivity contribution is 5.75. The van der Waals surface area contributed by atoms with Crippen LogP contribution in [0.3, 0.4) is 0 Å². The standard InChI is InChI=1S/C24H31N3O/c1-19-11-12-20(2)23(17-19)28-16-15-27-22-10-6-5-9-21(22)25-24(27)18-26-13-7-3-4-8-14-26/h5-6,9-12,17H,3-4,7-8,13-16,18H2,1-2H3. The Morgan fingerprint density at radius 3 is 2.57 bits per heavy atom. The van der Waals surface area contributed by atoms with Crippen LogP contribution in [0.4, 0.5) is 0 Å². The first-order valence-electron chi connectivity index (χ1n) is 10.6. The third-order valence-corrected chi connectivity index (χ3v) is 5.71. The van der Waals surface area contributed by atoms with Gasteiger partial charge in [-0.2, -0.15) is 0 Å². The van der Waals surface area contributed by atoms with Crippen molar-refractivity contribution in [1.82, 2.24) is 14.5 Å². The summed E-state index contributed by atoms with van der Waals surface area (Å²) in [6.07, 6.45) is 5.32. The van der Waals surface area contributed by atoms with Gasteiger partial charge in [-0.1, -0.05) is 37.1 Å². The van der Waals surface area contributed by atoms with Crippen molar-refractivity contribution in [2.45, 2.75) is 52.6 Å². The molecule has 0 aliphatic carbocycles. The highest BCUT2D eigenvalue weighted by atomic mass is 16.5. The lowest BCUT2D eigenvalue weighted by molar-refractivity contribution is 0.258. The number of para-hydroxylation sites is 2. The zero-order valence-corrected chi connectivity index (χ0v) is 17.2. The van der Waals surface area contributed by atoms with Crippen LogP contribution in [0.2, 0.25) is 0 Å². The van der Waals surface area contributed by atoms with Crippen molar-refractivity contribution in [2.75, 3.05) is 19.7 Å². The number of benzene rings is 2. The predicted octanol–water partition coefficient (Wildman–Crippen LogP) is 5.11. The lowest BCUT2D eigenvalue weighted by Crippen LogP contribution is -2.26. The smallest absolute Gasteiger partial charge is 0.124 e. The molecule has 4 rings (SSSR count). The molecule has 0 bridgehead atoms. The van der Waals surface area contributed by atoms with Crippen molar-refractivity contribution in [3.05, 3.63) is 59.4 Å². The molecular formula is C24H31N3O. The number of rotatable bonds is 6. The Morgan fingerprint density at radius 1 is 0.964 bits per heavy atom. The van der Waals surface area contributed by atoms with Gasteiger partial charge in [-0.15, -0.1) is 0 Å². The van der Waals surface area contributed by atoms with Crippen LogP contribution in [-0.4, -0.2) is 34.1 Å². The molecule has 4 nitrogen and oxygen atoms in total. The average molecular weight is 378 g/mol. The van der Waals surface area contributed by atoms with Crippen molar-refractivity contribution in [3.63, 3.8) is 0 Å². The second kappa shape index (κ2) is 8.78. The molecular weight excluding hydrogens is 346 g/mol. The van der Waals surface area contributed by atoms with Crippen LogP contribution < -0.4 is 4.74 Å². The topological polar surface area (TPSA) is 30.3 Å². The molecule has 1 aliphatic rings. The molecule has 2 aromatic carbocycles. The molecule has 0 spiro atoms. The van der Waals surface area contributed by atoms with Gasteiger partial charge >= 0.3 is 0 Å². The number of hydrogen-bond donors (Lipinski definition) is 0. The minimum absolute atomic E-state index is 0.650. The van der Waals surface area contributed by atoms with Crippen LogP contribution in [0.5, 0.6) is 5.75 Å². The minimum atomic E-state index is 0.650. The van der Waals surface area contributed by atoms with Gasteiger partial charge in [0.2, 0.25) is 0 Å². The summed E-state index contributed by atoms with van der Waals surface area (Å²) in [7, 11) is 0. The summed E-state index contributed by atoms with van der Waals surface area (Å²) in [6.45, 7) is 8.97. The number of hydrogen-bond acceptors (Lipinski definition) is 3. The molecule has 0 unspecified atom stereocenters. The number of nitrogens with zero attached hydrogens (tertiary/aromatic N) is 3. The van der Waals surface area contributed by atoms with Gasteiger partial charge in [0.15, 0.2) is 0 Å². The van der Waals surface area contributed by atoms with Gasteiger partial charge < -0.3 is 9.30 Å². The van der Waals surface area contributed by atoms with Gasteiger partial charge in [0.25, 0.3) is 0 Å². The highest BCUT2D eigenvalue weighted by Gasteiger charge is 2.16. The summed E-state index contributed by atoms with van der Waals surface area (Å²) in [5, 5.41) is 0. The Balaban J connectivity index is 1.52. The van der Waals surface area contributed by atoms with Crippen LogP contribution >= 0.6 is 0 Å². The molecule has 1 fully saturated rings. The van der Waals surface area contributed by atoms with Crippen molar-refractivity contribution in [1.29, 1.82) is 0 Å². The number of ether oxygens (including phenoxy) is 1. The zero-order chi connectivity index (χ0) is 19.3. The first kappa shape index (κ1) is 19.0. The van der Waals surface area contributed by atoms with Crippen LogP contribution in [0, 0.1) is 13.8 Å². The largest absolute Gasteiger partial charge is 0.491 e. The molecule has 1 aliphatic heterocycles. The summed E-state index contributed by atoms with van der Waals surface area (Å²) in [5.74, 6) is 2.14. The first-order valence-corrected chi connectivity index (χ1v) is 10.6. The molecule has 0 amide bonds. The van der Waals surface area contributed by atoms with E-state index >= 15 is 0 Å². The minimum Gasteiger partial charge on any atom is -0.491 e. The third-order valence-electron chi connectivity index (χ3n) is 5.71. The number of fused-ring (bicyclic) bond motifs is 1. The summed E-state index contributed by atoms with van der Waals surface area (Å²) < 4.78 is 8.50. The summed E-state index contributed by atoms with van der Waals surface area (Å²) >= 11 is 0. The number of likely N-dealkylation sites (tertiary alicyclic amines) is 1. The predicted molar refractivity (Wildman–Crippen MR) is 115 cm³/mol. The first-order chi connectivity index (χ1) is 13.7. The van der Waals surface area contributed by atoms with E-state index in [0.717, 1.165) is 30.2 Å². The maximum atomic E-state index is 6.14. The number of aromatic nitrogens is 2. The molecule has 0 atom stereocenters. The fourth-order valence-electron chi connectivity index (χ4n) is 4.10. The molecule has 2 heterocycles. The number of aryl methyl sites for hydroxylation is 2. The second-order valence-corrected chi connectivity index (χ2v) is 7.98. The highest BCUT2D eigenvalue weighted by Crippen LogP contribution is 2.21. The Morgan fingerprint density at radius 2 is 1.75 bits per heavy atom. The quantitative estimate of drug-likeness (QED) is 0.598. The van der Waals surface area contributed by atoms with E-state index in [1.807, 2.05) is 0 Å². The van der Waals surface area contributed by atoms with E-state index in [0.29, 0.717) is 6.61 Å². The molecule has 148 valence electrons. The lowest BCUT2D eigenvalue weighted by atomic mass is 10.1. The van der Waals surface area contributed by atoms with Crippen molar-refractivity contribution >= 4 is 11.0 Å². The Bertz CT molecular complexity index is 923. The van der Waals surface area contributed by atoms with Crippen molar-refractivity contribution in [3.8, 4) is 5.75 Å². The molecule has 0 saturated carbocycles. The third kappa shape index (κ3) is 4.39. The van der Waals surface area contributed by atoms with E-state index in [1.165, 1.54) is 55.4 Å². The average Bonchev–Trinajstić information content (AvgIpc) is 2.85. The molecule has 1 saturated heterocycles. The molecule has 4 heteroatoms. The summed E-state index contributed by atoms with van der Waals surface area (Å²) in [4.78, 5) is 7.53. The van der Waals surface area contributed by atoms with E-state index in [4.69, 9.17) is 9.72 Å². The van der Waals surface area contributed by atoms with Gasteiger partial charge in [0.05, 0.1) is 24.1 Å². The fraction of sp³-hybridized carbons (Fsp3) is 0.458. The monoisotopic (exact) mass is 377 g/mol. The van der Waals surface area contributed by atoms with E-state index in [2.05, 4.69) is 65.8 Å². The molecule has 1 aromatic heterocycles. The second-order valence-electron chi connectivity index (χ2n) is 7.98. The summed E-state index contributed by atoms with van der Waals surface area (Å²) in [5.41, 5.74) is 4.71. The molecule has 0 N–H and O–H groups in total. The number of imidazole rings is 1. The van der Waals surface area contributed by atoms with Crippen molar-refractivity contribution < 1.29 is 4.74 Å². The van der Waals surface area contributed by atoms with Crippen LogP contribution in [0.25, 0.3) is 11.0 Å². The fourth-order valence-corrected chi connectivity index (χ4v) is 4.10. The molecule has 3 aromatic rings. The lowest BCUT2D eigenvalue weighted by Gasteiger charge is -2.20.